The van der Waals surface area contributed by atoms with Gasteiger partial charge in [0.05, 0.1) is 0 Å². The lowest BCUT2D eigenvalue weighted by Gasteiger charge is -2.08. The first-order chi connectivity index (χ1) is 25.9. The Balaban J connectivity index is 0.000000208. The van der Waals surface area contributed by atoms with E-state index in [0.717, 1.165) is 22.5 Å². The second-order valence-corrected chi connectivity index (χ2v) is 14.4. The van der Waals surface area contributed by atoms with Crippen molar-refractivity contribution in [1.29, 1.82) is 0 Å². The Hall–Kier alpha value is -5.24. The first-order valence-electron chi connectivity index (χ1n) is 15.9. The molecule has 9 nitrogen and oxygen atoms in total. The minimum Gasteiger partial charge on any atom is -0.478 e. The van der Waals surface area contributed by atoms with Crippen molar-refractivity contribution >= 4 is 91.4 Å². The van der Waals surface area contributed by atoms with Crippen LogP contribution in [-0.2, 0) is 17.8 Å². The zero-order chi connectivity index (χ0) is 38.8. The number of urea groups is 1. The first kappa shape index (κ1) is 40.0. The fraction of sp³-hybridized carbons (Fsp3) is 0.0769. The van der Waals surface area contributed by atoms with Crippen LogP contribution in [0.1, 0.15) is 38.3 Å². The molecule has 0 fully saturated rings. The molecule has 6 rings (SSSR count). The number of halogens is 4. The number of carboxylic acid groups (broad SMARTS) is 2. The summed E-state index contributed by atoms with van der Waals surface area (Å²) in [5.41, 5.74) is 3.70. The first-order valence-corrected chi connectivity index (χ1v) is 18.8. The predicted octanol–water partition coefficient (Wildman–Crippen LogP) is 11.2. The zero-order valence-electron chi connectivity index (χ0n) is 27.9. The monoisotopic (exact) mass is 823 g/mol. The molecular formula is C39H29Cl3FN3O6S2. The lowest BCUT2D eigenvalue weighted by Crippen LogP contribution is -2.28. The second kappa shape index (κ2) is 18.7. The Bertz CT molecular complexity index is 2130. The Labute approximate surface area is 332 Å². The number of carbonyl (C=O) groups excluding carboxylic acids is 2. The molecule has 0 unspecified atom stereocenters. The molecule has 6 aromatic rings. The predicted molar refractivity (Wildman–Crippen MR) is 214 cm³/mol. The molecule has 0 spiro atoms. The van der Waals surface area contributed by atoms with Crippen LogP contribution in [0, 0.1) is 5.82 Å². The molecule has 4 aromatic carbocycles. The van der Waals surface area contributed by atoms with Gasteiger partial charge in [-0.15, -0.1) is 22.7 Å². The molecule has 2 aromatic heterocycles. The van der Waals surface area contributed by atoms with Gasteiger partial charge in [-0.05, 0) is 59.5 Å². The van der Waals surface area contributed by atoms with Gasteiger partial charge in [-0.25, -0.2) is 18.8 Å². The summed E-state index contributed by atoms with van der Waals surface area (Å²) < 4.78 is 13.6. The average Bonchev–Trinajstić information content (AvgIpc) is 3.76. The van der Waals surface area contributed by atoms with Crippen LogP contribution in [-0.4, -0.2) is 34.1 Å². The van der Waals surface area contributed by atoms with Gasteiger partial charge in [0.1, 0.15) is 26.9 Å². The molecule has 0 saturated heterocycles. The van der Waals surface area contributed by atoms with Crippen molar-refractivity contribution in [2.75, 3.05) is 10.6 Å². The summed E-state index contributed by atoms with van der Waals surface area (Å²) in [6, 6.07) is 26.4. The van der Waals surface area contributed by atoms with Crippen molar-refractivity contribution in [2.24, 2.45) is 0 Å². The lowest BCUT2D eigenvalue weighted by atomic mass is 10.0. The number of thiophene rings is 2. The Morgan fingerprint density at radius 3 is 1.61 bits per heavy atom. The largest absolute Gasteiger partial charge is 0.478 e. The summed E-state index contributed by atoms with van der Waals surface area (Å²) in [4.78, 5) is 47.9. The van der Waals surface area contributed by atoms with E-state index < -0.39 is 23.8 Å². The van der Waals surface area contributed by atoms with Crippen molar-refractivity contribution in [2.45, 2.75) is 19.4 Å². The van der Waals surface area contributed by atoms with E-state index in [9.17, 15) is 33.8 Å². The van der Waals surface area contributed by atoms with Crippen molar-refractivity contribution in [3.63, 3.8) is 0 Å². The van der Waals surface area contributed by atoms with E-state index >= 15 is 0 Å². The van der Waals surface area contributed by atoms with E-state index in [1.54, 1.807) is 83.6 Å². The van der Waals surface area contributed by atoms with Crippen LogP contribution in [0.5, 0.6) is 0 Å². The summed E-state index contributed by atoms with van der Waals surface area (Å²) >= 11 is 20.1. The number of benzene rings is 4. The van der Waals surface area contributed by atoms with E-state index in [0.29, 0.717) is 48.7 Å². The average molecular weight is 825 g/mol. The molecule has 0 aliphatic rings. The molecule has 3 amide bonds. The van der Waals surface area contributed by atoms with Crippen molar-refractivity contribution in [3.8, 4) is 22.3 Å². The van der Waals surface area contributed by atoms with Crippen LogP contribution in [0.15, 0.2) is 108 Å². The van der Waals surface area contributed by atoms with Crippen LogP contribution in [0.25, 0.3) is 22.3 Å². The van der Waals surface area contributed by atoms with Crippen LogP contribution >= 0.6 is 57.5 Å². The minimum atomic E-state index is -1.16. The molecule has 54 heavy (non-hydrogen) atoms. The number of anilines is 2. The highest BCUT2D eigenvalue weighted by Gasteiger charge is 2.22. The molecule has 0 atom stereocenters. The van der Waals surface area contributed by atoms with Crippen molar-refractivity contribution in [3.05, 3.63) is 151 Å². The molecular weight excluding hydrogens is 796 g/mol. The van der Waals surface area contributed by atoms with Crippen molar-refractivity contribution < 1.29 is 33.8 Å². The van der Waals surface area contributed by atoms with E-state index in [-0.39, 0.29) is 35.0 Å². The molecule has 0 aliphatic carbocycles. The number of aryl methyl sites for hydroxylation is 1. The topological polar surface area (TPSA) is 145 Å². The van der Waals surface area contributed by atoms with E-state index in [2.05, 4.69) is 16.0 Å². The van der Waals surface area contributed by atoms with E-state index in [1.807, 2.05) is 18.2 Å². The fourth-order valence-electron chi connectivity index (χ4n) is 5.11. The number of nitrogens with one attached hydrogen (secondary N) is 3. The minimum absolute atomic E-state index is 0.0108. The molecule has 15 heteroatoms. The number of carbonyl (C=O) groups is 4. The highest BCUT2D eigenvalue weighted by molar-refractivity contribution is 7.15. The number of aromatic carboxylic acids is 2. The number of rotatable bonds is 11. The SMILES string of the molecule is O=C(CCc1ccccc1Cl)Nc1scc(-c2ccc(Cl)cc2)c1C(=O)O.O=C(NCc1ccccc1F)Nc1scc(-c2ccc(Cl)cc2)c1C(=O)O. The maximum atomic E-state index is 13.6. The van der Waals surface area contributed by atoms with Gasteiger partial charge in [0.2, 0.25) is 5.91 Å². The number of amides is 3. The van der Waals surface area contributed by atoms with E-state index in [1.165, 1.54) is 17.4 Å². The molecule has 0 aliphatic heterocycles. The second-order valence-electron chi connectivity index (χ2n) is 11.4. The normalized spacial score (nSPS) is 10.5. The van der Waals surface area contributed by atoms with Gasteiger partial charge in [-0.3, -0.25) is 10.1 Å². The third-order valence-corrected chi connectivity index (χ3v) is 10.4. The van der Waals surface area contributed by atoms with Gasteiger partial charge in [0.25, 0.3) is 0 Å². The molecule has 0 radical (unpaired) electrons. The lowest BCUT2D eigenvalue weighted by molar-refractivity contribution is -0.116. The van der Waals surface area contributed by atoms with Gasteiger partial charge in [-0.1, -0.05) is 95.5 Å². The Morgan fingerprint density at radius 1 is 0.630 bits per heavy atom. The van der Waals surface area contributed by atoms with Gasteiger partial charge in [0, 0.05) is 55.5 Å². The zero-order valence-corrected chi connectivity index (χ0v) is 31.8. The number of hydrogen-bond donors (Lipinski definition) is 5. The third kappa shape index (κ3) is 10.5. The summed E-state index contributed by atoms with van der Waals surface area (Å²) in [6.45, 7) is -0.0175. The summed E-state index contributed by atoms with van der Waals surface area (Å²) in [6.07, 6.45) is 0.681. The number of carboxylic acids is 2. The maximum absolute atomic E-state index is 13.6. The fourth-order valence-corrected chi connectivity index (χ4v) is 7.53. The van der Waals surface area contributed by atoms with Crippen molar-refractivity contribution in [1.82, 2.24) is 5.32 Å². The third-order valence-electron chi connectivity index (χ3n) is 7.78. The Kier molecular flexibility index (Phi) is 13.8. The molecule has 5 N–H and O–H groups in total. The van der Waals surface area contributed by atoms with Crippen LogP contribution in [0.3, 0.4) is 0 Å². The van der Waals surface area contributed by atoms with Gasteiger partial charge in [0.15, 0.2) is 0 Å². The molecule has 2 heterocycles. The van der Waals surface area contributed by atoms with Crippen LogP contribution in [0.2, 0.25) is 15.1 Å². The highest BCUT2D eigenvalue weighted by Crippen LogP contribution is 2.37. The molecule has 0 bridgehead atoms. The number of hydrogen-bond acceptors (Lipinski definition) is 6. The molecule has 276 valence electrons. The quantitative estimate of drug-likeness (QED) is 0.0880. The van der Waals surface area contributed by atoms with Crippen LogP contribution in [0.4, 0.5) is 19.2 Å². The Morgan fingerprint density at radius 2 is 1.11 bits per heavy atom. The van der Waals surface area contributed by atoms with Gasteiger partial charge >= 0.3 is 18.0 Å². The van der Waals surface area contributed by atoms with Gasteiger partial charge in [-0.2, -0.15) is 0 Å². The van der Waals surface area contributed by atoms with Gasteiger partial charge < -0.3 is 20.8 Å². The summed E-state index contributed by atoms with van der Waals surface area (Å²) in [5.74, 6) is -2.94. The van der Waals surface area contributed by atoms with E-state index in [4.69, 9.17) is 34.8 Å². The molecule has 0 saturated carbocycles. The van der Waals surface area contributed by atoms with Crippen LogP contribution < -0.4 is 16.0 Å². The summed E-state index contributed by atoms with van der Waals surface area (Å²) in [5, 5.41) is 32.5. The standard InChI is InChI=1S/C20H15Cl2NO3S.C19H14ClFN2O3S/c21-14-8-5-12(6-9-14)15-11-27-19(18(15)20(25)26)23-17(24)10-7-13-3-1-2-4-16(13)22;20-13-7-5-11(6-8-13)14-10-27-17(16(14)18(24)25)23-19(26)22-9-12-3-1-2-4-15(12)21/h1-6,8-9,11H,7,10H2,(H,23,24)(H,25,26);1-8,10H,9H2,(H,24,25)(H2,22,23,26). The maximum Gasteiger partial charge on any atom is 0.339 e. The smallest absolute Gasteiger partial charge is 0.339 e. The highest BCUT2D eigenvalue weighted by atomic mass is 35.5. The summed E-state index contributed by atoms with van der Waals surface area (Å²) in [7, 11) is 0.